The summed E-state index contributed by atoms with van der Waals surface area (Å²) in [6.07, 6.45) is 3.43. The second-order valence-corrected chi connectivity index (χ2v) is 6.66. The molecule has 1 aliphatic rings. The molecular weight excluding hydrogens is 309 g/mol. The molecule has 1 aromatic heterocycles. The van der Waals surface area contributed by atoms with Gasteiger partial charge in [0.1, 0.15) is 5.82 Å². The summed E-state index contributed by atoms with van der Waals surface area (Å²) in [7, 11) is 1.68. The molecule has 1 N–H and O–H groups in total. The summed E-state index contributed by atoms with van der Waals surface area (Å²) in [5.74, 6) is -0.593. The summed E-state index contributed by atoms with van der Waals surface area (Å²) >= 11 is 0. The number of halogens is 1. The summed E-state index contributed by atoms with van der Waals surface area (Å²) in [5.41, 5.74) is 0.825. The summed E-state index contributed by atoms with van der Waals surface area (Å²) in [4.78, 5) is 14.1. The molecule has 0 bridgehead atoms. The van der Waals surface area contributed by atoms with Crippen molar-refractivity contribution in [3.05, 3.63) is 47.5 Å². The monoisotopic (exact) mass is 331 g/mol. The minimum atomic E-state index is -0.787. The van der Waals surface area contributed by atoms with Gasteiger partial charge in [-0.15, -0.1) is 0 Å². The first-order valence-electron chi connectivity index (χ1n) is 8.18. The molecule has 1 saturated carbocycles. The first-order valence-corrected chi connectivity index (χ1v) is 8.18. The number of carbonyl (C=O) groups excluding carboxylic acids is 1. The van der Waals surface area contributed by atoms with Crippen LogP contribution >= 0.6 is 0 Å². The van der Waals surface area contributed by atoms with Crippen molar-refractivity contribution in [1.82, 2.24) is 14.7 Å². The maximum Gasteiger partial charge on any atom is 0.274 e. The van der Waals surface area contributed by atoms with Crippen molar-refractivity contribution in [2.75, 3.05) is 13.6 Å². The highest BCUT2D eigenvalue weighted by atomic mass is 19.1. The van der Waals surface area contributed by atoms with Crippen LogP contribution in [-0.4, -0.2) is 44.9 Å². The van der Waals surface area contributed by atoms with Gasteiger partial charge in [-0.2, -0.15) is 5.10 Å². The zero-order valence-electron chi connectivity index (χ0n) is 14.0. The van der Waals surface area contributed by atoms with Crippen LogP contribution in [0.2, 0.25) is 0 Å². The van der Waals surface area contributed by atoms with Crippen LogP contribution in [0.3, 0.4) is 0 Å². The molecule has 0 radical (unpaired) electrons. The van der Waals surface area contributed by atoms with E-state index in [0.29, 0.717) is 17.9 Å². The minimum absolute atomic E-state index is 0.242. The molecule has 1 heterocycles. The molecule has 1 fully saturated rings. The quantitative estimate of drug-likeness (QED) is 0.937. The Morgan fingerprint density at radius 1 is 1.38 bits per heavy atom. The average Bonchev–Trinajstić information content (AvgIpc) is 3.12. The number of aryl methyl sites for hydroxylation is 1. The van der Waals surface area contributed by atoms with Gasteiger partial charge in [0.05, 0.1) is 11.3 Å². The molecular formula is C18H22FN3O2. The molecule has 5 nitrogen and oxygen atoms in total. The number of hydrogen-bond acceptors (Lipinski definition) is 3. The normalized spacial score (nSPS) is 16.3. The number of amides is 1. The van der Waals surface area contributed by atoms with Crippen LogP contribution in [0.4, 0.5) is 4.39 Å². The minimum Gasteiger partial charge on any atom is -0.388 e. The molecule has 0 atom stereocenters. The summed E-state index contributed by atoms with van der Waals surface area (Å²) in [5, 5.41) is 14.8. The molecule has 24 heavy (non-hydrogen) atoms. The number of likely N-dealkylation sites (N-methyl/N-ethyl adjacent to an activating group) is 1. The van der Waals surface area contributed by atoms with Gasteiger partial charge in [-0.05, 0) is 44.0 Å². The SMILES string of the molecule is Cc1cc(C(=O)N(C)CC2(O)CCCC2)nn1-c1cccc(F)c1. The number of nitrogens with zero attached hydrogens (tertiary/aromatic N) is 3. The Labute approximate surface area is 140 Å². The summed E-state index contributed by atoms with van der Waals surface area (Å²) < 4.78 is 15.0. The number of benzene rings is 1. The van der Waals surface area contributed by atoms with Gasteiger partial charge in [0.2, 0.25) is 0 Å². The van der Waals surface area contributed by atoms with Gasteiger partial charge in [0.25, 0.3) is 5.91 Å². The van der Waals surface area contributed by atoms with Gasteiger partial charge in [-0.1, -0.05) is 18.9 Å². The van der Waals surface area contributed by atoms with Crippen LogP contribution in [-0.2, 0) is 0 Å². The zero-order chi connectivity index (χ0) is 17.3. The number of aliphatic hydroxyl groups is 1. The van der Waals surface area contributed by atoms with Crippen LogP contribution in [0.1, 0.15) is 41.9 Å². The largest absolute Gasteiger partial charge is 0.388 e. The molecule has 3 rings (SSSR count). The Morgan fingerprint density at radius 2 is 2.08 bits per heavy atom. The lowest BCUT2D eigenvalue weighted by molar-refractivity contribution is 0.0154. The smallest absolute Gasteiger partial charge is 0.274 e. The van der Waals surface area contributed by atoms with Crippen molar-refractivity contribution in [3.8, 4) is 5.69 Å². The van der Waals surface area contributed by atoms with Crippen LogP contribution in [0.5, 0.6) is 0 Å². The lowest BCUT2D eigenvalue weighted by atomic mass is 10.0. The van der Waals surface area contributed by atoms with Crippen molar-refractivity contribution in [2.24, 2.45) is 0 Å². The van der Waals surface area contributed by atoms with E-state index in [1.165, 1.54) is 17.0 Å². The second kappa shape index (κ2) is 6.36. The van der Waals surface area contributed by atoms with Gasteiger partial charge in [0, 0.05) is 19.3 Å². The molecule has 1 amide bonds. The molecule has 1 aliphatic carbocycles. The standard InChI is InChI=1S/C18H22FN3O2/c1-13-10-16(20-22(13)15-7-5-6-14(19)11-15)17(23)21(2)12-18(24)8-3-4-9-18/h5-7,10-11,24H,3-4,8-9,12H2,1-2H3. The van der Waals surface area contributed by atoms with Crippen LogP contribution in [0.25, 0.3) is 5.69 Å². The molecule has 0 saturated heterocycles. The fraction of sp³-hybridized carbons (Fsp3) is 0.444. The third-order valence-corrected chi connectivity index (χ3v) is 4.57. The number of hydrogen-bond donors (Lipinski definition) is 1. The van der Waals surface area contributed by atoms with Gasteiger partial charge < -0.3 is 10.0 Å². The Morgan fingerprint density at radius 3 is 2.75 bits per heavy atom. The van der Waals surface area contributed by atoms with Gasteiger partial charge in [-0.25, -0.2) is 9.07 Å². The van der Waals surface area contributed by atoms with E-state index < -0.39 is 5.60 Å². The molecule has 128 valence electrons. The second-order valence-electron chi connectivity index (χ2n) is 6.66. The average molecular weight is 331 g/mol. The van der Waals surface area contributed by atoms with Crippen molar-refractivity contribution in [3.63, 3.8) is 0 Å². The van der Waals surface area contributed by atoms with E-state index in [2.05, 4.69) is 5.10 Å². The summed E-state index contributed by atoms with van der Waals surface area (Å²) in [6, 6.07) is 7.77. The molecule has 0 spiro atoms. The Kier molecular flexibility index (Phi) is 4.41. The predicted octanol–water partition coefficient (Wildman–Crippen LogP) is 2.70. The fourth-order valence-corrected chi connectivity index (χ4v) is 3.35. The number of rotatable bonds is 4. The highest BCUT2D eigenvalue weighted by molar-refractivity contribution is 5.92. The summed E-state index contributed by atoms with van der Waals surface area (Å²) in [6.45, 7) is 2.12. The lowest BCUT2D eigenvalue weighted by Gasteiger charge is -2.28. The molecule has 0 aliphatic heterocycles. The molecule has 0 unspecified atom stereocenters. The van der Waals surface area contributed by atoms with E-state index in [-0.39, 0.29) is 11.7 Å². The van der Waals surface area contributed by atoms with Gasteiger partial charge >= 0.3 is 0 Å². The maximum atomic E-state index is 13.4. The number of aromatic nitrogens is 2. The van der Waals surface area contributed by atoms with Crippen LogP contribution in [0, 0.1) is 12.7 Å². The maximum absolute atomic E-state index is 13.4. The predicted molar refractivity (Wildman–Crippen MR) is 88.6 cm³/mol. The van der Waals surface area contributed by atoms with Gasteiger partial charge in [-0.3, -0.25) is 4.79 Å². The van der Waals surface area contributed by atoms with Crippen LogP contribution in [0.15, 0.2) is 30.3 Å². The Bertz CT molecular complexity index is 750. The van der Waals surface area contributed by atoms with Crippen molar-refractivity contribution in [1.29, 1.82) is 0 Å². The van der Waals surface area contributed by atoms with Crippen LogP contribution < -0.4 is 0 Å². The van der Waals surface area contributed by atoms with E-state index in [9.17, 15) is 14.3 Å². The van der Waals surface area contributed by atoms with Crippen molar-refractivity contribution >= 4 is 5.91 Å². The molecule has 2 aromatic rings. The molecule has 6 heteroatoms. The number of carbonyl (C=O) groups is 1. The third kappa shape index (κ3) is 3.33. The first-order chi connectivity index (χ1) is 11.4. The highest BCUT2D eigenvalue weighted by Gasteiger charge is 2.34. The highest BCUT2D eigenvalue weighted by Crippen LogP contribution is 2.30. The molecule has 1 aromatic carbocycles. The fourth-order valence-electron chi connectivity index (χ4n) is 3.35. The van der Waals surface area contributed by atoms with E-state index in [4.69, 9.17) is 0 Å². The van der Waals surface area contributed by atoms with E-state index in [0.717, 1.165) is 31.4 Å². The van der Waals surface area contributed by atoms with Gasteiger partial charge in [0.15, 0.2) is 5.69 Å². The lowest BCUT2D eigenvalue weighted by Crippen LogP contribution is -2.42. The van der Waals surface area contributed by atoms with E-state index in [1.54, 1.807) is 29.9 Å². The van der Waals surface area contributed by atoms with E-state index >= 15 is 0 Å². The Hall–Kier alpha value is -2.21. The first kappa shape index (κ1) is 16.6. The third-order valence-electron chi connectivity index (χ3n) is 4.57. The topological polar surface area (TPSA) is 58.4 Å². The van der Waals surface area contributed by atoms with Crippen molar-refractivity contribution < 1.29 is 14.3 Å². The zero-order valence-corrected chi connectivity index (χ0v) is 14.0. The van der Waals surface area contributed by atoms with E-state index in [1.807, 2.05) is 6.92 Å². The van der Waals surface area contributed by atoms with Crippen molar-refractivity contribution in [2.45, 2.75) is 38.2 Å². The Balaban J connectivity index is 1.80.